The number of rotatable bonds is 2. The quantitative estimate of drug-likeness (QED) is 0.580. The van der Waals surface area contributed by atoms with Crippen molar-refractivity contribution in [2.24, 2.45) is 0 Å². The van der Waals surface area contributed by atoms with Crippen molar-refractivity contribution in [3.05, 3.63) is 61.6 Å². The van der Waals surface area contributed by atoms with E-state index in [1.165, 1.54) is 0 Å². The maximum absolute atomic E-state index is 11.3. The molecule has 0 N–H and O–H groups in total. The summed E-state index contributed by atoms with van der Waals surface area (Å²) in [4.78, 5) is 11.1. The lowest BCUT2D eigenvalue weighted by molar-refractivity contribution is -0.384. The first kappa shape index (κ1) is 13.7. The minimum absolute atomic E-state index is 0.199. The Kier molecular flexibility index (Phi) is 3.71. The van der Waals surface area contributed by atoms with Crippen LogP contribution in [0.15, 0.2) is 34.8 Å². The first-order chi connectivity index (χ1) is 8.91. The van der Waals surface area contributed by atoms with Gasteiger partial charge in [0.25, 0.3) is 5.69 Å². The molecule has 2 aromatic carbocycles. The number of nitro benzene ring substituents is 1. The molecule has 0 radical (unpaired) electrons. The molecule has 0 aromatic heterocycles. The van der Waals surface area contributed by atoms with Gasteiger partial charge in [0.05, 0.1) is 10.5 Å². The second-order valence-corrected chi connectivity index (χ2v) is 5.52. The molecule has 0 aliphatic carbocycles. The topological polar surface area (TPSA) is 43.1 Å². The Morgan fingerprint density at radius 2 is 1.63 bits per heavy atom. The smallest absolute Gasteiger partial charge is 0.258 e. The molecule has 3 nitrogen and oxygen atoms in total. The van der Waals surface area contributed by atoms with E-state index in [0.717, 1.165) is 26.7 Å². The van der Waals surface area contributed by atoms with Crippen molar-refractivity contribution in [2.45, 2.75) is 20.8 Å². The zero-order chi connectivity index (χ0) is 14.2. The summed E-state index contributed by atoms with van der Waals surface area (Å²) >= 11 is 3.37. The molecule has 2 rings (SSSR count). The van der Waals surface area contributed by atoms with Crippen LogP contribution in [0.5, 0.6) is 0 Å². The highest BCUT2D eigenvalue weighted by atomic mass is 79.9. The van der Waals surface area contributed by atoms with Crippen LogP contribution in [0.4, 0.5) is 5.69 Å². The fourth-order valence-electron chi connectivity index (χ4n) is 2.15. The largest absolute Gasteiger partial charge is 0.280 e. The summed E-state index contributed by atoms with van der Waals surface area (Å²) in [7, 11) is 0. The zero-order valence-electron chi connectivity index (χ0n) is 11.0. The van der Waals surface area contributed by atoms with Crippen molar-refractivity contribution in [3.63, 3.8) is 0 Å². The van der Waals surface area contributed by atoms with E-state index in [4.69, 9.17) is 0 Å². The minimum Gasteiger partial charge on any atom is -0.258 e. The van der Waals surface area contributed by atoms with Crippen LogP contribution in [0, 0.1) is 30.9 Å². The van der Waals surface area contributed by atoms with Crippen LogP contribution in [0.1, 0.15) is 16.7 Å². The molecular weight excluding hydrogens is 306 g/mol. The fourth-order valence-corrected chi connectivity index (χ4v) is 2.42. The maximum atomic E-state index is 11.3. The van der Waals surface area contributed by atoms with Crippen LogP contribution in [-0.2, 0) is 0 Å². The molecule has 0 aliphatic heterocycles. The molecule has 0 heterocycles. The number of benzene rings is 2. The van der Waals surface area contributed by atoms with Crippen molar-refractivity contribution in [3.8, 4) is 11.1 Å². The molecule has 98 valence electrons. The second kappa shape index (κ2) is 5.13. The van der Waals surface area contributed by atoms with E-state index in [2.05, 4.69) is 15.9 Å². The van der Waals surface area contributed by atoms with E-state index in [0.29, 0.717) is 5.56 Å². The number of nitro groups is 1. The summed E-state index contributed by atoms with van der Waals surface area (Å²) in [5, 5.41) is 11.3. The Labute approximate surface area is 120 Å². The molecule has 19 heavy (non-hydrogen) atoms. The summed E-state index contributed by atoms with van der Waals surface area (Å²) in [5.74, 6) is 0. The van der Waals surface area contributed by atoms with Crippen molar-refractivity contribution in [1.29, 1.82) is 0 Å². The van der Waals surface area contributed by atoms with Gasteiger partial charge in [0.15, 0.2) is 0 Å². The molecular formula is C15H14BrNO2. The van der Waals surface area contributed by atoms with Crippen LogP contribution in [-0.4, -0.2) is 4.92 Å². The highest BCUT2D eigenvalue weighted by Crippen LogP contribution is 2.36. The van der Waals surface area contributed by atoms with Gasteiger partial charge in [-0.15, -0.1) is 0 Å². The van der Waals surface area contributed by atoms with Crippen molar-refractivity contribution < 1.29 is 4.92 Å². The molecule has 0 amide bonds. The summed E-state index contributed by atoms with van der Waals surface area (Å²) < 4.78 is 0.958. The number of hydrogen-bond donors (Lipinski definition) is 0. The average Bonchev–Trinajstić information content (AvgIpc) is 2.36. The Bertz CT molecular complexity index is 648. The second-order valence-electron chi connectivity index (χ2n) is 4.60. The SMILES string of the molecule is Cc1cc(-c2ccc(Br)cc2)c([N+](=O)[O-])c(C)c1C. The predicted octanol–water partition coefficient (Wildman–Crippen LogP) is 4.95. The Balaban J connectivity index is 2.75. The Hall–Kier alpha value is -1.68. The van der Waals surface area contributed by atoms with Crippen LogP contribution in [0.3, 0.4) is 0 Å². The van der Waals surface area contributed by atoms with Gasteiger partial charge in [-0.1, -0.05) is 28.1 Å². The van der Waals surface area contributed by atoms with Gasteiger partial charge in [-0.2, -0.15) is 0 Å². The first-order valence-corrected chi connectivity index (χ1v) is 6.72. The summed E-state index contributed by atoms with van der Waals surface area (Å²) in [6, 6.07) is 9.46. The number of aryl methyl sites for hydroxylation is 1. The fraction of sp³-hybridized carbons (Fsp3) is 0.200. The van der Waals surface area contributed by atoms with E-state index in [9.17, 15) is 10.1 Å². The summed E-state index contributed by atoms with van der Waals surface area (Å²) in [6.07, 6.45) is 0. The average molecular weight is 320 g/mol. The van der Waals surface area contributed by atoms with Crippen molar-refractivity contribution >= 4 is 21.6 Å². The van der Waals surface area contributed by atoms with Crippen LogP contribution >= 0.6 is 15.9 Å². The van der Waals surface area contributed by atoms with Crippen molar-refractivity contribution in [2.75, 3.05) is 0 Å². The normalized spacial score (nSPS) is 10.5. The molecule has 0 spiro atoms. The maximum Gasteiger partial charge on any atom is 0.280 e. The third-order valence-corrected chi connectivity index (χ3v) is 3.99. The number of nitrogens with zero attached hydrogens (tertiary/aromatic N) is 1. The van der Waals surface area contributed by atoms with Gasteiger partial charge in [-0.3, -0.25) is 10.1 Å². The lowest BCUT2D eigenvalue weighted by Crippen LogP contribution is -1.99. The lowest BCUT2D eigenvalue weighted by Gasteiger charge is -2.11. The number of halogens is 1. The Morgan fingerprint density at radius 3 is 2.16 bits per heavy atom. The highest BCUT2D eigenvalue weighted by molar-refractivity contribution is 9.10. The van der Waals surface area contributed by atoms with Crippen LogP contribution in [0.25, 0.3) is 11.1 Å². The van der Waals surface area contributed by atoms with Crippen molar-refractivity contribution in [1.82, 2.24) is 0 Å². The van der Waals surface area contributed by atoms with Gasteiger partial charge in [0.1, 0.15) is 0 Å². The molecule has 0 atom stereocenters. The number of hydrogen-bond acceptors (Lipinski definition) is 2. The monoisotopic (exact) mass is 319 g/mol. The van der Waals surface area contributed by atoms with Gasteiger partial charge in [0.2, 0.25) is 0 Å². The van der Waals surface area contributed by atoms with Crippen LogP contribution in [0.2, 0.25) is 0 Å². The van der Waals surface area contributed by atoms with E-state index in [-0.39, 0.29) is 10.6 Å². The zero-order valence-corrected chi connectivity index (χ0v) is 12.6. The summed E-state index contributed by atoms with van der Waals surface area (Å²) in [5.41, 5.74) is 4.53. The molecule has 0 saturated heterocycles. The van der Waals surface area contributed by atoms with E-state index in [1.807, 2.05) is 51.1 Å². The van der Waals surface area contributed by atoms with Gasteiger partial charge < -0.3 is 0 Å². The molecule has 4 heteroatoms. The highest BCUT2D eigenvalue weighted by Gasteiger charge is 2.21. The van der Waals surface area contributed by atoms with E-state index >= 15 is 0 Å². The van der Waals surface area contributed by atoms with Gasteiger partial charge in [-0.25, -0.2) is 0 Å². The minimum atomic E-state index is -0.293. The lowest BCUT2D eigenvalue weighted by atomic mass is 9.94. The molecule has 0 unspecified atom stereocenters. The third-order valence-electron chi connectivity index (χ3n) is 3.46. The Morgan fingerprint density at radius 1 is 1.05 bits per heavy atom. The van der Waals surface area contributed by atoms with Gasteiger partial charge in [0, 0.05) is 10.0 Å². The molecule has 0 fully saturated rings. The van der Waals surface area contributed by atoms with Crippen LogP contribution < -0.4 is 0 Å². The molecule has 0 aliphatic rings. The molecule has 0 saturated carbocycles. The van der Waals surface area contributed by atoms with Gasteiger partial charge in [-0.05, 0) is 55.7 Å². The van der Waals surface area contributed by atoms with E-state index in [1.54, 1.807) is 0 Å². The summed E-state index contributed by atoms with van der Waals surface area (Å²) in [6.45, 7) is 5.71. The molecule has 2 aromatic rings. The standard InChI is InChI=1S/C15H14BrNO2/c1-9-8-14(12-4-6-13(16)7-5-12)15(17(18)19)11(3)10(9)2/h4-8H,1-3H3. The van der Waals surface area contributed by atoms with E-state index < -0.39 is 0 Å². The molecule has 0 bridgehead atoms. The van der Waals surface area contributed by atoms with Gasteiger partial charge >= 0.3 is 0 Å². The predicted molar refractivity (Wildman–Crippen MR) is 80.4 cm³/mol. The first-order valence-electron chi connectivity index (χ1n) is 5.93. The third kappa shape index (κ3) is 2.54.